The summed E-state index contributed by atoms with van der Waals surface area (Å²) < 4.78 is 43.4. The number of nitro benzene ring substituents is 1. The van der Waals surface area contributed by atoms with Gasteiger partial charge in [0.15, 0.2) is 11.3 Å². The molecule has 4 rings (SSSR count). The Morgan fingerprint density at radius 2 is 2.00 bits per heavy atom. The molecule has 10 nitrogen and oxygen atoms in total. The summed E-state index contributed by atoms with van der Waals surface area (Å²) in [6.07, 6.45) is 2.26. The molecule has 0 aliphatic carbocycles. The van der Waals surface area contributed by atoms with E-state index in [-0.39, 0.29) is 28.3 Å². The molecule has 0 unspecified atom stereocenters. The van der Waals surface area contributed by atoms with Gasteiger partial charge in [-0.15, -0.1) is 0 Å². The van der Waals surface area contributed by atoms with Gasteiger partial charge in [0.2, 0.25) is 5.88 Å². The molecular formula is C23H26F2N6O4S. The lowest BCUT2D eigenvalue weighted by molar-refractivity contribution is -0.382. The van der Waals surface area contributed by atoms with Crippen LogP contribution in [-0.2, 0) is 4.74 Å². The van der Waals surface area contributed by atoms with E-state index < -0.39 is 27.9 Å². The molecule has 3 aromatic rings. The fourth-order valence-corrected chi connectivity index (χ4v) is 4.24. The maximum absolute atomic E-state index is 15.0. The number of benzene rings is 2. The van der Waals surface area contributed by atoms with Crippen molar-refractivity contribution in [2.45, 2.75) is 13.3 Å². The fraction of sp³-hybridized carbons (Fsp3) is 0.391. The number of morpholine rings is 1. The third kappa shape index (κ3) is 6.09. The molecule has 2 N–H and O–H groups in total. The molecule has 2 aromatic carbocycles. The van der Waals surface area contributed by atoms with E-state index >= 15 is 4.39 Å². The number of nitrogens with zero attached hydrogens (tertiary/aromatic N) is 4. The van der Waals surface area contributed by atoms with Crippen LogP contribution in [0.25, 0.3) is 11.0 Å². The smallest absolute Gasteiger partial charge is 0.320 e. The number of halogens is 2. The van der Waals surface area contributed by atoms with E-state index in [1.54, 1.807) is 0 Å². The van der Waals surface area contributed by atoms with Gasteiger partial charge < -0.3 is 19.5 Å². The average Bonchev–Trinajstić information content (AvgIpc) is 2.88. The Labute approximate surface area is 210 Å². The molecule has 13 heteroatoms. The molecule has 0 spiro atoms. The van der Waals surface area contributed by atoms with Crippen molar-refractivity contribution in [3.05, 3.63) is 52.2 Å². The highest BCUT2D eigenvalue weighted by Gasteiger charge is 2.24. The summed E-state index contributed by atoms with van der Waals surface area (Å²) in [6.45, 7) is 5.86. The monoisotopic (exact) mass is 520 g/mol. The third-order valence-electron chi connectivity index (χ3n) is 5.45. The van der Waals surface area contributed by atoms with Crippen molar-refractivity contribution < 1.29 is 23.2 Å². The van der Waals surface area contributed by atoms with Gasteiger partial charge in [-0.2, -0.15) is 0 Å². The van der Waals surface area contributed by atoms with Crippen molar-refractivity contribution in [1.82, 2.24) is 14.9 Å². The van der Waals surface area contributed by atoms with Gasteiger partial charge in [-0.3, -0.25) is 15.0 Å². The molecule has 0 bridgehead atoms. The number of ether oxygens (including phenoxy) is 2. The minimum absolute atomic E-state index is 0.0533. The Morgan fingerprint density at radius 1 is 1.22 bits per heavy atom. The first-order valence-corrected chi connectivity index (χ1v) is 12.5. The lowest BCUT2D eigenvalue weighted by atomic mass is 10.2. The Kier molecular flexibility index (Phi) is 8.67. The number of nitro groups is 1. The number of hydrogen-bond acceptors (Lipinski definition) is 10. The van der Waals surface area contributed by atoms with Crippen LogP contribution in [0.5, 0.6) is 5.88 Å². The summed E-state index contributed by atoms with van der Waals surface area (Å²) >= 11 is 1.28. The molecule has 1 aliphatic rings. The van der Waals surface area contributed by atoms with Gasteiger partial charge in [-0.1, -0.05) is 18.9 Å². The summed E-state index contributed by atoms with van der Waals surface area (Å²) in [5.41, 5.74) is -0.830. The largest absolute Gasteiger partial charge is 0.475 e. The van der Waals surface area contributed by atoms with Crippen LogP contribution in [0.2, 0.25) is 0 Å². The Bertz CT molecular complexity index is 1230. The van der Waals surface area contributed by atoms with E-state index in [2.05, 4.69) is 24.9 Å². The number of nitrogens with one attached hydrogen (secondary N) is 2. The van der Waals surface area contributed by atoms with Crippen LogP contribution >= 0.6 is 11.9 Å². The number of aromatic nitrogens is 2. The SMILES string of the molecule is CCCSNc1ccc(F)c(Nc2ccc3ncc(OCCN4CCOCC4)nc3c2[N+](=O)[O-])c1F. The van der Waals surface area contributed by atoms with Crippen LogP contribution in [-0.4, -0.2) is 65.0 Å². The van der Waals surface area contributed by atoms with Gasteiger partial charge in [-0.05, 0) is 30.7 Å². The third-order valence-corrected chi connectivity index (χ3v) is 6.43. The van der Waals surface area contributed by atoms with E-state index in [1.165, 1.54) is 36.3 Å². The van der Waals surface area contributed by atoms with E-state index in [0.29, 0.717) is 26.4 Å². The second-order valence-electron chi connectivity index (χ2n) is 7.96. The molecule has 1 aromatic heterocycles. The van der Waals surface area contributed by atoms with Crippen molar-refractivity contribution in [1.29, 1.82) is 0 Å². The van der Waals surface area contributed by atoms with Gasteiger partial charge >= 0.3 is 5.69 Å². The standard InChI is InChI=1S/C23H26F2N6O4S/c1-2-13-36-29-16-4-3-15(24)21(20(16)25)27-18-6-5-17-22(23(18)31(32)33)28-19(14-26-17)35-12-9-30-7-10-34-11-8-30/h3-6,14,27,29H,2,7-13H2,1H3. The molecule has 1 aliphatic heterocycles. The van der Waals surface area contributed by atoms with Gasteiger partial charge in [0.1, 0.15) is 23.8 Å². The van der Waals surface area contributed by atoms with Crippen LogP contribution in [0.15, 0.2) is 30.5 Å². The van der Waals surface area contributed by atoms with Crippen molar-refractivity contribution in [2.75, 3.05) is 55.2 Å². The van der Waals surface area contributed by atoms with Crippen LogP contribution in [0.3, 0.4) is 0 Å². The molecule has 0 amide bonds. The van der Waals surface area contributed by atoms with Crippen molar-refractivity contribution >= 4 is 45.7 Å². The Balaban J connectivity index is 1.59. The maximum Gasteiger partial charge on any atom is 0.320 e. The first kappa shape index (κ1) is 25.8. The summed E-state index contributed by atoms with van der Waals surface area (Å²) in [6, 6.07) is 5.20. The van der Waals surface area contributed by atoms with Crippen LogP contribution < -0.4 is 14.8 Å². The zero-order valence-electron chi connectivity index (χ0n) is 19.6. The molecule has 1 fully saturated rings. The van der Waals surface area contributed by atoms with Gasteiger partial charge in [0.25, 0.3) is 0 Å². The summed E-state index contributed by atoms with van der Waals surface area (Å²) in [7, 11) is 0. The quantitative estimate of drug-likeness (QED) is 0.159. The molecule has 1 saturated heterocycles. The minimum atomic E-state index is -0.890. The number of rotatable bonds is 11. The predicted molar refractivity (Wildman–Crippen MR) is 135 cm³/mol. The maximum atomic E-state index is 15.0. The minimum Gasteiger partial charge on any atom is -0.475 e. The second-order valence-corrected chi connectivity index (χ2v) is 8.86. The summed E-state index contributed by atoms with van der Waals surface area (Å²) in [5.74, 6) is -0.934. The van der Waals surface area contributed by atoms with Gasteiger partial charge in [0, 0.05) is 25.4 Å². The Morgan fingerprint density at radius 3 is 2.75 bits per heavy atom. The fourth-order valence-electron chi connectivity index (χ4n) is 3.62. The molecule has 36 heavy (non-hydrogen) atoms. The highest BCUT2D eigenvalue weighted by atomic mass is 32.2. The molecule has 192 valence electrons. The Hall–Kier alpha value is -3.29. The topological polar surface area (TPSA) is 115 Å². The van der Waals surface area contributed by atoms with Gasteiger partial charge in [-0.25, -0.2) is 18.7 Å². The van der Waals surface area contributed by atoms with Crippen LogP contribution in [0, 0.1) is 21.7 Å². The van der Waals surface area contributed by atoms with E-state index in [4.69, 9.17) is 9.47 Å². The summed E-state index contributed by atoms with van der Waals surface area (Å²) in [4.78, 5) is 22.0. The number of hydrogen-bond donors (Lipinski definition) is 2. The molecule has 0 radical (unpaired) electrons. The van der Waals surface area contributed by atoms with E-state index in [0.717, 1.165) is 31.3 Å². The lowest BCUT2D eigenvalue weighted by Crippen LogP contribution is -2.38. The highest BCUT2D eigenvalue weighted by Crippen LogP contribution is 2.37. The van der Waals surface area contributed by atoms with E-state index in [9.17, 15) is 14.5 Å². The van der Waals surface area contributed by atoms with Crippen molar-refractivity contribution in [3.8, 4) is 5.88 Å². The van der Waals surface area contributed by atoms with Crippen LogP contribution in [0.4, 0.5) is 31.5 Å². The number of fused-ring (bicyclic) bond motifs is 1. The number of anilines is 3. The van der Waals surface area contributed by atoms with Crippen LogP contribution in [0.1, 0.15) is 13.3 Å². The molecule has 0 saturated carbocycles. The van der Waals surface area contributed by atoms with Crippen molar-refractivity contribution in [2.24, 2.45) is 0 Å². The lowest BCUT2D eigenvalue weighted by Gasteiger charge is -2.26. The summed E-state index contributed by atoms with van der Waals surface area (Å²) in [5, 5.41) is 14.6. The normalized spacial score (nSPS) is 14.1. The molecular weight excluding hydrogens is 494 g/mol. The average molecular weight is 521 g/mol. The molecule has 0 atom stereocenters. The highest BCUT2D eigenvalue weighted by molar-refractivity contribution is 8.00. The zero-order valence-corrected chi connectivity index (χ0v) is 20.4. The zero-order chi connectivity index (χ0) is 25.5. The molecule has 2 heterocycles. The van der Waals surface area contributed by atoms with E-state index in [1.807, 2.05) is 6.92 Å². The van der Waals surface area contributed by atoms with Gasteiger partial charge in [0.05, 0.1) is 35.5 Å². The van der Waals surface area contributed by atoms with Crippen molar-refractivity contribution in [3.63, 3.8) is 0 Å². The first-order valence-electron chi connectivity index (χ1n) is 11.5. The first-order chi connectivity index (χ1) is 17.5. The second kappa shape index (κ2) is 12.1. The predicted octanol–water partition coefficient (Wildman–Crippen LogP) is 4.74.